The summed E-state index contributed by atoms with van der Waals surface area (Å²) in [6, 6.07) is 10.2. The van der Waals surface area contributed by atoms with Gasteiger partial charge in [-0.15, -0.1) is 0 Å². The summed E-state index contributed by atoms with van der Waals surface area (Å²) in [4.78, 5) is 29.1. The van der Waals surface area contributed by atoms with Gasteiger partial charge in [-0.05, 0) is 65.9 Å². The van der Waals surface area contributed by atoms with Gasteiger partial charge in [0.15, 0.2) is 5.65 Å². The van der Waals surface area contributed by atoms with Gasteiger partial charge in [-0.1, -0.05) is 6.07 Å². The van der Waals surface area contributed by atoms with Gasteiger partial charge in [-0.25, -0.2) is 9.67 Å². The molecular weight excluding hydrogens is 520 g/mol. The highest BCUT2D eigenvalue weighted by Crippen LogP contribution is 2.37. The van der Waals surface area contributed by atoms with Crippen LogP contribution < -0.4 is 10.6 Å². The predicted molar refractivity (Wildman–Crippen MR) is 141 cm³/mol. The molecule has 1 aliphatic carbocycles. The first kappa shape index (κ1) is 22.1. The Morgan fingerprint density at radius 1 is 1.19 bits per heavy atom. The van der Waals surface area contributed by atoms with Gasteiger partial charge in [0.05, 0.1) is 16.6 Å². The first-order valence-corrected chi connectivity index (χ1v) is 13.4. The van der Waals surface area contributed by atoms with E-state index >= 15 is 0 Å². The van der Waals surface area contributed by atoms with Crippen LogP contribution in [0.2, 0.25) is 0 Å². The lowest BCUT2D eigenvalue weighted by Crippen LogP contribution is -2.55. The molecule has 9 nitrogen and oxygen atoms in total. The molecule has 7 rings (SSSR count). The molecule has 2 atom stereocenters. The number of fused-ring (bicyclic) bond motifs is 2. The molecule has 0 radical (unpaired) electrons. The number of amides is 1. The Kier molecular flexibility index (Phi) is 5.21. The van der Waals surface area contributed by atoms with Gasteiger partial charge >= 0.3 is 0 Å². The van der Waals surface area contributed by atoms with Crippen molar-refractivity contribution in [2.24, 2.45) is 11.3 Å². The molecule has 1 amide bonds. The first-order chi connectivity index (χ1) is 17.6. The normalized spacial score (nSPS) is 23.0. The maximum absolute atomic E-state index is 13.2. The van der Waals surface area contributed by atoms with E-state index in [4.69, 9.17) is 4.98 Å². The highest BCUT2D eigenvalue weighted by Gasteiger charge is 2.46. The minimum atomic E-state index is 0.0836. The second-order valence-corrected chi connectivity index (χ2v) is 11.2. The number of hydrogen-bond donors (Lipinski definition) is 2. The molecule has 4 aromatic rings. The number of nitrogens with one attached hydrogen (secondary N) is 2. The molecule has 0 unspecified atom stereocenters. The van der Waals surface area contributed by atoms with Crippen LogP contribution in [0.15, 0.2) is 47.3 Å². The third-order valence-electron chi connectivity index (χ3n) is 8.08. The fourth-order valence-electron chi connectivity index (χ4n) is 5.98. The van der Waals surface area contributed by atoms with Crippen LogP contribution in [-0.2, 0) is 4.79 Å². The summed E-state index contributed by atoms with van der Waals surface area (Å²) in [5.74, 6) is 0.977. The number of halogens is 1. The molecule has 1 spiro atoms. The highest BCUT2D eigenvalue weighted by atomic mass is 79.9. The molecule has 3 aromatic heterocycles. The van der Waals surface area contributed by atoms with Crippen LogP contribution in [0, 0.1) is 11.3 Å². The lowest BCUT2D eigenvalue weighted by atomic mass is 9.81. The zero-order valence-corrected chi connectivity index (χ0v) is 21.4. The number of likely N-dealkylation sites (tertiary alicyclic amines) is 1. The van der Waals surface area contributed by atoms with Crippen molar-refractivity contribution in [3.63, 3.8) is 0 Å². The number of nitrogens with zero attached hydrogens (tertiary/aromatic N) is 6. The molecule has 3 aliphatic rings. The van der Waals surface area contributed by atoms with Gasteiger partial charge < -0.3 is 15.5 Å². The second-order valence-electron chi connectivity index (χ2n) is 10.5. The van der Waals surface area contributed by atoms with Crippen LogP contribution in [-0.4, -0.2) is 67.8 Å². The summed E-state index contributed by atoms with van der Waals surface area (Å²) in [5.41, 5.74) is 2.91. The lowest BCUT2D eigenvalue weighted by molar-refractivity contribution is -0.134. The molecule has 1 aromatic carbocycles. The Bertz CT molecular complexity index is 1480. The van der Waals surface area contributed by atoms with Crippen molar-refractivity contribution in [2.45, 2.75) is 31.7 Å². The number of carbonyl (C=O) groups is 1. The second kappa shape index (κ2) is 8.48. The number of hydrogen-bond acceptors (Lipinski definition) is 7. The third-order valence-corrected chi connectivity index (χ3v) is 8.66. The SMILES string of the molecule is O=C([C@@H]1CC[C@@H](Nc2ncc3c(Br)nn(-c4ccc5ncccc5c4)c3n2)C1)N1CCC2(CNC2)C1. The van der Waals surface area contributed by atoms with E-state index in [-0.39, 0.29) is 12.0 Å². The largest absolute Gasteiger partial charge is 0.351 e. The fraction of sp³-hybridized carbons (Fsp3) is 0.423. The first-order valence-electron chi connectivity index (χ1n) is 12.6. The predicted octanol–water partition coefficient (Wildman–Crippen LogP) is 3.53. The van der Waals surface area contributed by atoms with Crippen LogP contribution >= 0.6 is 15.9 Å². The Labute approximate surface area is 216 Å². The molecule has 36 heavy (non-hydrogen) atoms. The standard InChI is InChI=1S/C26H27BrN8O/c27-22-20-12-30-25(32-23(20)35(33-22)19-5-6-21-16(11-19)2-1-8-29-21)31-18-4-3-17(10-18)24(36)34-9-7-26(15-34)13-28-14-26/h1-2,5-6,8,11-12,17-18,28H,3-4,7,9-10,13-15H2,(H,30,31,32)/t17-,18-/m1/s1. The fourth-order valence-corrected chi connectivity index (χ4v) is 6.42. The van der Waals surface area contributed by atoms with Crippen molar-refractivity contribution < 1.29 is 4.79 Å². The number of pyridine rings is 1. The van der Waals surface area contributed by atoms with Crippen molar-refractivity contribution in [3.8, 4) is 5.69 Å². The van der Waals surface area contributed by atoms with Gasteiger partial charge in [-0.3, -0.25) is 9.78 Å². The Morgan fingerprint density at radius 3 is 2.94 bits per heavy atom. The van der Waals surface area contributed by atoms with E-state index in [9.17, 15) is 4.79 Å². The molecule has 3 fully saturated rings. The average Bonchev–Trinajstić information content (AvgIpc) is 3.61. The summed E-state index contributed by atoms with van der Waals surface area (Å²) in [5, 5.41) is 13.4. The maximum Gasteiger partial charge on any atom is 0.225 e. The molecule has 1 saturated carbocycles. The van der Waals surface area contributed by atoms with Gasteiger partial charge in [0, 0.05) is 61.3 Å². The molecule has 5 heterocycles. The summed E-state index contributed by atoms with van der Waals surface area (Å²) >= 11 is 3.56. The molecule has 2 saturated heterocycles. The van der Waals surface area contributed by atoms with Crippen molar-refractivity contribution in [3.05, 3.63) is 47.3 Å². The van der Waals surface area contributed by atoms with Crippen LogP contribution in [0.25, 0.3) is 27.6 Å². The van der Waals surface area contributed by atoms with E-state index in [1.807, 2.05) is 28.9 Å². The zero-order chi connectivity index (χ0) is 24.3. The lowest BCUT2D eigenvalue weighted by Gasteiger charge is -2.39. The number of anilines is 1. The summed E-state index contributed by atoms with van der Waals surface area (Å²) in [6.45, 7) is 3.91. The van der Waals surface area contributed by atoms with E-state index in [1.165, 1.54) is 0 Å². The Balaban J connectivity index is 1.09. The minimum Gasteiger partial charge on any atom is -0.351 e. The van der Waals surface area contributed by atoms with E-state index in [0.29, 0.717) is 21.9 Å². The van der Waals surface area contributed by atoms with Crippen LogP contribution in [0.1, 0.15) is 25.7 Å². The maximum atomic E-state index is 13.2. The van der Waals surface area contributed by atoms with Crippen LogP contribution in [0.3, 0.4) is 0 Å². The number of benzene rings is 1. The highest BCUT2D eigenvalue weighted by molar-refractivity contribution is 9.10. The molecule has 0 bridgehead atoms. The summed E-state index contributed by atoms with van der Waals surface area (Å²) in [7, 11) is 0. The van der Waals surface area contributed by atoms with Crippen molar-refractivity contribution in [1.29, 1.82) is 0 Å². The summed E-state index contributed by atoms with van der Waals surface area (Å²) in [6.07, 6.45) is 7.40. The molecule has 2 aliphatic heterocycles. The average molecular weight is 547 g/mol. The van der Waals surface area contributed by atoms with E-state index in [2.05, 4.69) is 52.6 Å². The van der Waals surface area contributed by atoms with Gasteiger partial charge in [0.2, 0.25) is 11.9 Å². The number of carbonyl (C=O) groups excluding carboxylic acids is 1. The van der Waals surface area contributed by atoms with Crippen molar-refractivity contribution >= 4 is 49.7 Å². The van der Waals surface area contributed by atoms with E-state index in [1.54, 1.807) is 12.4 Å². The van der Waals surface area contributed by atoms with E-state index < -0.39 is 0 Å². The van der Waals surface area contributed by atoms with Crippen molar-refractivity contribution in [1.82, 2.24) is 34.9 Å². The number of rotatable bonds is 4. The van der Waals surface area contributed by atoms with Gasteiger partial charge in [0.1, 0.15) is 4.60 Å². The number of aromatic nitrogens is 5. The molecule has 2 N–H and O–H groups in total. The quantitative estimate of drug-likeness (QED) is 0.403. The molecular formula is C26H27BrN8O. The Hall–Kier alpha value is -3.11. The van der Waals surface area contributed by atoms with Crippen LogP contribution in [0.5, 0.6) is 0 Å². The summed E-state index contributed by atoms with van der Waals surface area (Å²) < 4.78 is 2.53. The minimum absolute atomic E-state index is 0.0836. The topological polar surface area (TPSA) is 101 Å². The Morgan fingerprint density at radius 2 is 2.11 bits per heavy atom. The van der Waals surface area contributed by atoms with E-state index in [0.717, 1.165) is 79.5 Å². The van der Waals surface area contributed by atoms with Crippen molar-refractivity contribution in [2.75, 3.05) is 31.5 Å². The van der Waals surface area contributed by atoms with Gasteiger partial charge in [-0.2, -0.15) is 10.1 Å². The van der Waals surface area contributed by atoms with Crippen LogP contribution in [0.4, 0.5) is 5.95 Å². The molecule has 184 valence electrons. The zero-order valence-electron chi connectivity index (χ0n) is 19.8. The van der Waals surface area contributed by atoms with Gasteiger partial charge in [0.25, 0.3) is 0 Å². The molecule has 10 heteroatoms. The third kappa shape index (κ3) is 3.74. The monoisotopic (exact) mass is 546 g/mol. The smallest absolute Gasteiger partial charge is 0.225 e.